The average Bonchev–Trinajstić information content (AvgIpc) is 2.41. The van der Waals surface area contributed by atoms with Crippen LogP contribution in [0, 0.1) is 5.92 Å². The normalized spacial score (nSPS) is 22.1. The summed E-state index contributed by atoms with van der Waals surface area (Å²) in [5.41, 5.74) is 0. The minimum atomic E-state index is -0.259. The van der Waals surface area contributed by atoms with Crippen molar-refractivity contribution in [1.82, 2.24) is 10.2 Å². The molecule has 0 bridgehead atoms. The van der Waals surface area contributed by atoms with E-state index < -0.39 is 0 Å². The van der Waals surface area contributed by atoms with Crippen LogP contribution >= 0.6 is 0 Å². The molecule has 0 unspecified atom stereocenters. The quantitative estimate of drug-likeness (QED) is 0.696. The largest absolute Gasteiger partial charge is 0.465 e. The average molecular weight is 298 g/mol. The number of nitrogens with zero attached hydrogens (tertiary/aromatic N) is 1. The SMILES string of the molecule is CCCN(CC(=O)NC1CCC(C)CC1)CC(=O)OCC. The van der Waals surface area contributed by atoms with Crippen LogP contribution in [0.5, 0.6) is 0 Å². The van der Waals surface area contributed by atoms with Gasteiger partial charge in [-0.3, -0.25) is 14.5 Å². The van der Waals surface area contributed by atoms with Gasteiger partial charge in [0.05, 0.1) is 19.7 Å². The fraction of sp³-hybridized carbons (Fsp3) is 0.875. The molecular formula is C16H30N2O3. The van der Waals surface area contributed by atoms with Gasteiger partial charge in [-0.25, -0.2) is 0 Å². The van der Waals surface area contributed by atoms with E-state index in [9.17, 15) is 9.59 Å². The van der Waals surface area contributed by atoms with Crippen LogP contribution in [0.15, 0.2) is 0 Å². The first kappa shape index (κ1) is 18.0. The van der Waals surface area contributed by atoms with Crippen LogP contribution < -0.4 is 5.32 Å². The van der Waals surface area contributed by atoms with Crippen molar-refractivity contribution in [2.24, 2.45) is 5.92 Å². The number of hydrogen-bond donors (Lipinski definition) is 1. The molecular weight excluding hydrogens is 268 g/mol. The number of esters is 1. The third-order valence-electron chi connectivity index (χ3n) is 3.95. The predicted molar refractivity (Wildman–Crippen MR) is 82.9 cm³/mol. The van der Waals surface area contributed by atoms with Crippen molar-refractivity contribution in [1.29, 1.82) is 0 Å². The Labute approximate surface area is 128 Å². The Kier molecular flexibility index (Phi) is 8.35. The summed E-state index contributed by atoms with van der Waals surface area (Å²) in [4.78, 5) is 25.5. The van der Waals surface area contributed by atoms with Crippen LogP contribution in [0.4, 0.5) is 0 Å². The summed E-state index contributed by atoms with van der Waals surface area (Å²) in [5.74, 6) is 0.538. The summed E-state index contributed by atoms with van der Waals surface area (Å²) in [6.07, 6.45) is 5.42. The second kappa shape index (κ2) is 9.77. The zero-order valence-electron chi connectivity index (χ0n) is 13.7. The second-order valence-corrected chi connectivity index (χ2v) is 6.04. The van der Waals surface area contributed by atoms with Gasteiger partial charge in [0.2, 0.25) is 5.91 Å². The smallest absolute Gasteiger partial charge is 0.320 e. The van der Waals surface area contributed by atoms with E-state index in [0.717, 1.165) is 31.7 Å². The number of rotatable bonds is 8. The minimum absolute atomic E-state index is 0.0206. The highest BCUT2D eigenvalue weighted by Gasteiger charge is 2.21. The third-order valence-corrected chi connectivity index (χ3v) is 3.95. The van der Waals surface area contributed by atoms with Crippen LogP contribution in [-0.2, 0) is 14.3 Å². The Morgan fingerprint density at radius 2 is 1.81 bits per heavy atom. The maximum atomic E-state index is 12.1. The lowest BCUT2D eigenvalue weighted by Crippen LogP contribution is -2.45. The van der Waals surface area contributed by atoms with Gasteiger partial charge >= 0.3 is 5.97 Å². The first-order valence-electron chi connectivity index (χ1n) is 8.22. The minimum Gasteiger partial charge on any atom is -0.465 e. The van der Waals surface area contributed by atoms with Gasteiger partial charge in [0, 0.05) is 6.04 Å². The Bertz CT molecular complexity index is 325. The van der Waals surface area contributed by atoms with E-state index in [2.05, 4.69) is 12.2 Å². The number of amides is 1. The molecule has 0 radical (unpaired) electrons. The standard InChI is InChI=1S/C16H30N2O3/c1-4-10-18(12-16(20)21-5-2)11-15(19)17-14-8-6-13(3)7-9-14/h13-14H,4-12H2,1-3H3,(H,17,19). The van der Waals surface area contributed by atoms with Gasteiger partial charge in [-0.1, -0.05) is 13.8 Å². The van der Waals surface area contributed by atoms with E-state index in [1.807, 2.05) is 11.8 Å². The van der Waals surface area contributed by atoms with Gasteiger partial charge in [-0.15, -0.1) is 0 Å². The van der Waals surface area contributed by atoms with Crippen LogP contribution in [0.3, 0.4) is 0 Å². The molecule has 0 saturated heterocycles. The van der Waals surface area contributed by atoms with Crippen LogP contribution in [-0.4, -0.2) is 49.1 Å². The van der Waals surface area contributed by atoms with Crippen molar-refractivity contribution in [2.75, 3.05) is 26.2 Å². The van der Waals surface area contributed by atoms with Crippen molar-refractivity contribution < 1.29 is 14.3 Å². The van der Waals surface area contributed by atoms with E-state index in [4.69, 9.17) is 4.74 Å². The molecule has 0 aromatic carbocycles. The molecule has 1 amide bonds. The Hall–Kier alpha value is -1.10. The molecule has 0 aromatic rings. The fourth-order valence-electron chi connectivity index (χ4n) is 2.80. The molecule has 1 aliphatic carbocycles. The van der Waals surface area contributed by atoms with Gasteiger partial charge < -0.3 is 10.1 Å². The van der Waals surface area contributed by atoms with Gasteiger partial charge in [0.15, 0.2) is 0 Å². The first-order chi connectivity index (χ1) is 10.0. The van der Waals surface area contributed by atoms with Crippen molar-refractivity contribution in [3.63, 3.8) is 0 Å². The molecule has 1 N–H and O–H groups in total. The summed E-state index contributed by atoms with van der Waals surface area (Å²) in [6, 6.07) is 0.305. The number of carbonyl (C=O) groups is 2. The predicted octanol–water partition coefficient (Wildman–Crippen LogP) is 1.96. The van der Waals surface area contributed by atoms with Crippen LogP contribution in [0.2, 0.25) is 0 Å². The zero-order valence-corrected chi connectivity index (χ0v) is 13.7. The van der Waals surface area contributed by atoms with Crippen LogP contribution in [0.25, 0.3) is 0 Å². The topological polar surface area (TPSA) is 58.6 Å². The van der Waals surface area contributed by atoms with E-state index >= 15 is 0 Å². The molecule has 5 heteroatoms. The summed E-state index contributed by atoms with van der Waals surface area (Å²) in [5, 5.41) is 3.10. The van der Waals surface area contributed by atoms with E-state index in [1.165, 1.54) is 12.8 Å². The molecule has 1 fully saturated rings. The van der Waals surface area contributed by atoms with E-state index in [-0.39, 0.29) is 25.0 Å². The fourth-order valence-corrected chi connectivity index (χ4v) is 2.80. The maximum Gasteiger partial charge on any atom is 0.320 e. The summed E-state index contributed by atoms with van der Waals surface area (Å²) in [6.45, 7) is 7.67. The molecule has 1 aliphatic rings. The number of ether oxygens (including phenoxy) is 1. The van der Waals surface area contributed by atoms with Gasteiger partial charge in [-0.05, 0) is 51.5 Å². The van der Waals surface area contributed by atoms with Crippen molar-refractivity contribution in [3.8, 4) is 0 Å². The maximum absolute atomic E-state index is 12.1. The third kappa shape index (κ3) is 7.46. The summed E-state index contributed by atoms with van der Waals surface area (Å²) < 4.78 is 4.95. The van der Waals surface area contributed by atoms with Crippen molar-refractivity contribution >= 4 is 11.9 Å². The van der Waals surface area contributed by atoms with Gasteiger partial charge in [0.25, 0.3) is 0 Å². The number of nitrogens with one attached hydrogen (secondary N) is 1. The van der Waals surface area contributed by atoms with Crippen LogP contribution in [0.1, 0.15) is 52.9 Å². The molecule has 0 aliphatic heterocycles. The number of hydrogen-bond acceptors (Lipinski definition) is 4. The molecule has 0 atom stereocenters. The highest BCUT2D eigenvalue weighted by molar-refractivity contribution is 5.79. The lowest BCUT2D eigenvalue weighted by atomic mass is 9.87. The number of carbonyl (C=O) groups excluding carboxylic acids is 2. The van der Waals surface area contributed by atoms with Crippen molar-refractivity contribution in [2.45, 2.75) is 58.9 Å². The second-order valence-electron chi connectivity index (χ2n) is 6.04. The highest BCUT2D eigenvalue weighted by atomic mass is 16.5. The molecule has 0 spiro atoms. The highest BCUT2D eigenvalue weighted by Crippen LogP contribution is 2.23. The molecule has 0 heterocycles. The van der Waals surface area contributed by atoms with Crippen molar-refractivity contribution in [3.05, 3.63) is 0 Å². The molecule has 122 valence electrons. The van der Waals surface area contributed by atoms with E-state index in [0.29, 0.717) is 12.6 Å². The lowest BCUT2D eigenvalue weighted by Gasteiger charge is -2.28. The zero-order chi connectivity index (χ0) is 15.7. The summed E-state index contributed by atoms with van der Waals surface area (Å²) in [7, 11) is 0. The monoisotopic (exact) mass is 298 g/mol. The van der Waals surface area contributed by atoms with E-state index in [1.54, 1.807) is 6.92 Å². The molecule has 1 saturated carbocycles. The molecule has 0 aromatic heterocycles. The summed E-state index contributed by atoms with van der Waals surface area (Å²) >= 11 is 0. The molecule has 5 nitrogen and oxygen atoms in total. The van der Waals surface area contributed by atoms with Gasteiger partial charge in [0.1, 0.15) is 0 Å². The Balaban J connectivity index is 2.35. The van der Waals surface area contributed by atoms with Gasteiger partial charge in [-0.2, -0.15) is 0 Å². The molecule has 1 rings (SSSR count). The Morgan fingerprint density at radius 3 is 2.38 bits per heavy atom. The molecule has 21 heavy (non-hydrogen) atoms. The first-order valence-corrected chi connectivity index (χ1v) is 8.22. The Morgan fingerprint density at radius 1 is 1.14 bits per heavy atom. The lowest BCUT2D eigenvalue weighted by molar-refractivity contribution is -0.144.